The minimum absolute atomic E-state index is 0.121. The van der Waals surface area contributed by atoms with Gasteiger partial charge in [0.2, 0.25) is 0 Å². The van der Waals surface area contributed by atoms with E-state index in [0.29, 0.717) is 11.9 Å². The molecule has 2 fully saturated rings. The van der Waals surface area contributed by atoms with E-state index in [-0.39, 0.29) is 6.04 Å². The summed E-state index contributed by atoms with van der Waals surface area (Å²) in [5, 5.41) is 12.0. The maximum atomic E-state index is 8.80. The smallest absolute Gasteiger partial charge is 0.156 e. The maximum Gasteiger partial charge on any atom is 0.156 e. The fourth-order valence-electron chi connectivity index (χ4n) is 2.84. The number of rotatable bonds is 4. The lowest BCUT2D eigenvalue weighted by Crippen LogP contribution is -2.48. The van der Waals surface area contributed by atoms with Crippen molar-refractivity contribution in [3.8, 4) is 0 Å². The first-order chi connectivity index (χ1) is 8.31. The lowest BCUT2D eigenvalue weighted by atomic mass is 10.0. The fourth-order valence-corrected chi connectivity index (χ4v) is 2.84. The zero-order valence-electron chi connectivity index (χ0n) is 10.3. The Kier molecular flexibility index (Phi) is 4.62. The minimum atomic E-state index is 0.121. The number of hydrogen-bond acceptors (Lipinski definition) is 4. The summed E-state index contributed by atoms with van der Waals surface area (Å²) in [7, 11) is 0. The molecule has 3 N–H and O–H groups in total. The molecule has 0 amide bonds. The first-order valence-electron chi connectivity index (χ1n) is 6.64. The van der Waals surface area contributed by atoms with E-state index in [2.05, 4.69) is 10.1 Å². The number of nitrogens with zero attached hydrogens (tertiary/aromatic N) is 2. The van der Waals surface area contributed by atoms with Crippen LogP contribution in [0.15, 0.2) is 5.16 Å². The van der Waals surface area contributed by atoms with Gasteiger partial charge in [-0.2, -0.15) is 0 Å². The second kappa shape index (κ2) is 6.21. The molecule has 2 saturated heterocycles. The molecule has 2 rings (SSSR count). The Morgan fingerprint density at radius 1 is 1.35 bits per heavy atom. The van der Waals surface area contributed by atoms with E-state index in [0.717, 1.165) is 39.0 Å². The van der Waals surface area contributed by atoms with Crippen LogP contribution in [0.2, 0.25) is 0 Å². The van der Waals surface area contributed by atoms with Gasteiger partial charge < -0.3 is 15.7 Å². The van der Waals surface area contributed by atoms with Crippen LogP contribution in [0.4, 0.5) is 0 Å². The summed E-state index contributed by atoms with van der Waals surface area (Å²) in [5.41, 5.74) is 5.75. The van der Waals surface area contributed by atoms with E-state index in [1.54, 1.807) is 0 Å². The van der Waals surface area contributed by atoms with Crippen LogP contribution in [0.25, 0.3) is 0 Å². The predicted molar refractivity (Wildman–Crippen MR) is 66.2 cm³/mol. The molecule has 0 aromatic heterocycles. The Balaban J connectivity index is 1.83. The van der Waals surface area contributed by atoms with Gasteiger partial charge in [-0.1, -0.05) is 11.6 Å². The molecular formula is C12H23N3O2. The quantitative estimate of drug-likeness (QED) is 0.335. The van der Waals surface area contributed by atoms with E-state index in [4.69, 9.17) is 15.7 Å². The lowest BCUT2D eigenvalue weighted by Gasteiger charge is -2.35. The number of amidine groups is 1. The molecule has 0 aliphatic carbocycles. The first kappa shape index (κ1) is 12.6. The van der Waals surface area contributed by atoms with Gasteiger partial charge in [0.25, 0.3) is 0 Å². The molecule has 2 aliphatic rings. The average molecular weight is 241 g/mol. The van der Waals surface area contributed by atoms with Crippen molar-refractivity contribution in [2.45, 2.75) is 50.7 Å². The van der Waals surface area contributed by atoms with Crippen molar-refractivity contribution >= 4 is 5.84 Å². The van der Waals surface area contributed by atoms with Gasteiger partial charge in [0, 0.05) is 13.2 Å². The normalized spacial score (nSPS) is 31.9. The third-order valence-electron chi connectivity index (χ3n) is 3.83. The number of ether oxygens (including phenoxy) is 1. The third-order valence-corrected chi connectivity index (χ3v) is 3.83. The molecule has 0 bridgehead atoms. The highest BCUT2D eigenvalue weighted by molar-refractivity contribution is 5.85. The highest BCUT2D eigenvalue weighted by Gasteiger charge is 2.27. The largest absolute Gasteiger partial charge is 0.409 e. The standard InChI is InChI=1S/C12H23N3O2/c13-12(14-16)11-5-1-2-7-15(11)8-6-10-4-3-9-17-10/h10-11,16H,1-9H2,(H2,13,14). The number of nitrogens with two attached hydrogens (primary N) is 1. The van der Waals surface area contributed by atoms with Crippen LogP contribution in [0.3, 0.4) is 0 Å². The van der Waals surface area contributed by atoms with Gasteiger partial charge in [-0.3, -0.25) is 4.90 Å². The highest BCUT2D eigenvalue weighted by atomic mass is 16.5. The van der Waals surface area contributed by atoms with Crippen LogP contribution in [-0.4, -0.2) is 47.8 Å². The molecule has 0 spiro atoms. The molecule has 0 radical (unpaired) electrons. The van der Waals surface area contributed by atoms with E-state index in [9.17, 15) is 0 Å². The Morgan fingerprint density at radius 3 is 2.94 bits per heavy atom. The van der Waals surface area contributed by atoms with Crippen molar-refractivity contribution in [2.24, 2.45) is 10.9 Å². The van der Waals surface area contributed by atoms with Gasteiger partial charge >= 0.3 is 0 Å². The van der Waals surface area contributed by atoms with Crippen molar-refractivity contribution in [1.82, 2.24) is 4.90 Å². The first-order valence-corrected chi connectivity index (χ1v) is 6.64. The Bertz CT molecular complexity index is 264. The summed E-state index contributed by atoms with van der Waals surface area (Å²) in [6, 6.07) is 0.121. The van der Waals surface area contributed by atoms with Crippen LogP contribution in [-0.2, 0) is 4.74 Å². The van der Waals surface area contributed by atoms with E-state index in [1.807, 2.05) is 0 Å². The van der Waals surface area contributed by atoms with Crippen molar-refractivity contribution < 1.29 is 9.94 Å². The predicted octanol–water partition coefficient (Wildman–Crippen LogP) is 1.16. The monoisotopic (exact) mass is 241 g/mol. The minimum Gasteiger partial charge on any atom is -0.409 e. The van der Waals surface area contributed by atoms with Crippen LogP contribution in [0.1, 0.15) is 38.5 Å². The molecule has 5 nitrogen and oxygen atoms in total. The van der Waals surface area contributed by atoms with Gasteiger partial charge in [0.15, 0.2) is 5.84 Å². The van der Waals surface area contributed by atoms with Crippen molar-refractivity contribution in [1.29, 1.82) is 0 Å². The molecule has 2 aliphatic heterocycles. The van der Waals surface area contributed by atoms with Gasteiger partial charge in [-0.05, 0) is 38.6 Å². The van der Waals surface area contributed by atoms with Crippen molar-refractivity contribution in [2.75, 3.05) is 19.7 Å². The Morgan fingerprint density at radius 2 is 2.24 bits per heavy atom. The summed E-state index contributed by atoms with van der Waals surface area (Å²) in [4.78, 5) is 2.33. The van der Waals surface area contributed by atoms with E-state index in [1.165, 1.54) is 19.3 Å². The van der Waals surface area contributed by atoms with Crippen LogP contribution in [0.5, 0.6) is 0 Å². The maximum absolute atomic E-state index is 8.80. The highest BCUT2D eigenvalue weighted by Crippen LogP contribution is 2.20. The molecule has 98 valence electrons. The second-order valence-electron chi connectivity index (χ2n) is 5.00. The molecule has 17 heavy (non-hydrogen) atoms. The topological polar surface area (TPSA) is 71.1 Å². The van der Waals surface area contributed by atoms with E-state index < -0.39 is 0 Å². The van der Waals surface area contributed by atoms with Crippen LogP contribution >= 0.6 is 0 Å². The average Bonchev–Trinajstić information content (AvgIpc) is 2.89. The molecule has 0 aromatic rings. The van der Waals surface area contributed by atoms with Crippen LogP contribution in [0, 0.1) is 0 Å². The van der Waals surface area contributed by atoms with Crippen molar-refractivity contribution in [3.05, 3.63) is 0 Å². The van der Waals surface area contributed by atoms with E-state index >= 15 is 0 Å². The molecule has 2 atom stereocenters. The Hall–Kier alpha value is -0.810. The summed E-state index contributed by atoms with van der Waals surface area (Å²) < 4.78 is 5.63. The summed E-state index contributed by atoms with van der Waals surface area (Å²) in [6.45, 7) is 2.95. The number of hydrogen-bond donors (Lipinski definition) is 2. The zero-order valence-corrected chi connectivity index (χ0v) is 10.3. The van der Waals surface area contributed by atoms with Gasteiger partial charge in [-0.25, -0.2) is 0 Å². The molecule has 2 heterocycles. The van der Waals surface area contributed by atoms with Gasteiger partial charge in [0.05, 0.1) is 12.1 Å². The fraction of sp³-hybridized carbons (Fsp3) is 0.917. The number of likely N-dealkylation sites (tertiary alicyclic amines) is 1. The van der Waals surface area contributed by atoms with Gasteiger partial charge in [-0.15, -0.1) is 0 Å². The molecule has 0 saturated carbocycles. The molecule has 0 aromatic carbocycles. The third kappa shape index (κ3) is 3.33. The summed E-state index contributed by atoms with van der Waals surface area (Å²) >= 11 is 0. The second-order valence-corrected chi connectivity index (χ2v) is 5.00. The number of piperidine rings is 1. The number of oxime groups is 1. The van der Waals surface area contributed by atoms with Gasteiger partial charge in [0.1, 0.15) is 0 Å². The molecule has 5 heteroatoms. The molecular weight excluding hydrogens is 218 g/mol. The molecule has 2 unspecified atom stereocenters. The SMILES string of the molecule is N/C(=N\O)C1CCCCN1CCC1CCCO1. The Labute approximate surface area is 103 Å². The zero-order chi connectivity index (χ0) is 12.1. The van der Waals surface area contributed by atoms with Crippen LogP contribution < -0.4 is 5.73 Å². The van der Waals surface area contributed by atoms with Crippen molar-refractivity contribution in [3.63, 3.8) is 0 Å². The summed E-state index contributed by atoms with van der Waals surface area (Å²) in [6.07, 6.45) is 7.23. The summed E-state index contributed by atoms with van der Waals surface area (Å²) in [5.74, 6) is 0.358. The lowest BCUT2D eigenvalue weighted by molar-refractivity contribution is 0.0837.